The predicted molar refractivity (Wildman–Crippen MR) is 67.5 cm³/mol. The van der Waals surface area contributed by atoms with Gasteiger partial charge in [-0.3, -0.25) is 4.79 Å². The lowest BCUT2D eigenvalue weighted by Crippen LogP contribution is -2.42. The van der Waals surface area contributed by atoms with Crippen LogP contribution >= 0.6 is 0 Å². The van der Waals surface area contributed by atoms with Crippen molar-refractivity contribution in [1.29, 1.82) is 0 Å². The Balaban J connectivity index is 2.70. The monoisotopic (exact) mass is 281 g/mol. The summed E-state index contributed by atoms with van der Waals surface area (Å²) < 4.78 is 30.6. The first kappa shape index (κ1) is 15.6. The molecular weight excluding hydrogens is 268 g/mol. The van der Waals surface area contributed by atoms with Crippen LogP contribution in [-0.2, 0) is 20.7 Å². The summed E-state index contributed by atoms with van der Waals surface area (Å²) in [7, 11) is 1.16. The second-order valence-corrected chi connectivity index (χ2v) is 3.96. The fourth-order valence-corrected chi connectivity index (χ4v) is 1.54. The van der Waals surface area contributed by atoms with E-state index in [4.69, 9.17) is 6.42 Å². The van der Waals surface area contributed by atoms with Gasteiger partial charge in [-0.2, -0.15) is 0 Å². The molecule has 0 bridgehead atoms. The number of benzene rings is 1. The highest BCUT2D eigenvalue weighted by Crippen LogP contribution is 2.10. The average Bonchev–Trinajstić information content (AvgIpc) is 2.40. The Morgan fingerprint density at radius 1 is 1.45 bits per heavy atom. The Morgan fingerprint density at radius 3 is 2.70 bits per heavy atom. The van der Waals surface area contributed by atoms with Crippen LogP contribution in [0.2, 0.25) is 0 Å². The molecule has 4 nitrogen and oxygen atoms in total. The molecule has 1 rings (SSSR count). The molecule has 20 heavy (non-hydrogen) atoms. The molecule has 0 aliphatic carbocycles. The van der Waals surface area contributed by atoms with Gasteiger partial charge in [0, 0.05) is 12.5 Å². The first-order chi connectivity index (χ1) is 9.47. The molecule has 0 spiro atoms. The second kappa shape index (κ2) is 7.24. The van der Waals surface area contributed by atoms with Crippen LogP contribution in [0.1, 0.15) is 12.0 Å². The Labute approximate surface area is 115 Å². The van der Waals surface area contributed by atoms with E-state index in [0.717, 1.165) is 13.2 Å². The first-order valence-corrected chi connectivity index (χ1v) is 5.72. The molecule has 1 N–H and O–H groups in total. The second-order valence-electron chi connectivity index (χ2n) is 3.96. The number of amides is 1. The number of carbonyl (C=O) groups is 2. The molecule has 1 aromatic carbocycles. The Hall–Kier alpha value is -2.42. The lowest BCUT2D eigenvalue weighted by atomic mass is 10.1. The molecule has 106 valence electrons. The number of esters is 1. The summed E-state index contributed by atoms with van der Waals surface area (Å²) in [5.74, 6) is -0.620. The number of hydrogen-bond donors (Lipinski definition) is 1. The van der Waals surface area contributed by atoms with Crippen molar-refractivity contribution in [3.05, 3.63) is 35.4 Å². The van der Waals surface area contributed by atoms with Crippen molar-refractivity contribution in [2.75, 3.05) is 7.11 Å². The topological polar surface area (TPSA) is 55.4 Å². The summed E-state index contributed by atoms with van der Waals surface area (Å²) in [6.45, 7) is 0. The molecule has 0 saturated carbocycles. The van der Waals surface area contributed by atoms with Gasteiger partial charge < -0.3 is 10.1 Å². The molecule has 6 heteroatoms. The van der Waals surface area contributed by atoms with Crippen LogP contribution in [0.3, 0.4) is 0 Å². The molecule has 0 aliphatic rings. The molecule has 0 aromatic heterocycles. The maximum Gasteiger partial charge on any atom is 0.329 e. The van der Waals surface area contributed by atoms with E-state index in [2.05, 4.69) is 16.0 Å². The molecular formula is C14H13F2NO3. The van der Waals surface area contributed by atoms with Crippen LogP contribution in [0.4, 0.5) is 8.78 Å². The van der Waals surface area contributed by atoms with E-state index < -0.39 is 29.6 Å². The summed E-state index contributed by atoms with van der Waals surface area (Å²) in [5.41, 5.74) is 0.0215. The molecule has 1 aromatic rings. The first-order valence-electron chi connectivity index (χ1n) is 5.72. The fourth-order valence-electron chi connectivity index (χ4n) is 1.54. The van der Waals surface area contributed by atoms with Crippen LogP contribution in [0.25, 0.3) is 0 Å². The van der Waals surface area contributed by atoms with Gasteiger partial charge in [0.25, 0.3) is 0 Å². The van der Waals surface area contributed by atoms with Gasteiger partial charge >= 0.3 is 5.97 Å². The van der Waals surface area contributed by atoms with Gasteiger partial charge in [0.2, 0.25) is 5.91 Å². The normalized spacial score (nSPS) is 11.3. The third kappa shape index (κ3) is 4.35. The summed E-state index contributed by atoms with van der Waals surface area (Å²) in [6, 6.07) is 1.91. The number of nitrogens with one attached hydrogen (secondary N) is 1. The molecule has 0 radical (unpaired) electrons. The lowest BCUT2D eigenvalue weighted by Gasteiger charge is -2.14. The highest BCUT2D eigenvalue weighted by Gasteiger charge is 2.21. The summed E-state index contributed by atoms with van der Waals surface area (Å²) in [5, 5.41) is 2.34. The minimum atomic E-state index is -0.985. The number of hydrogen-bond acceptors (Lipinski definition) is 3. The highest BCUT2D eigenvalue weighted by atomic mass is 19.1. The van der Waals surface area contributed by atoms with E-state index >= 15 is 0 Å². The SMILES string of the molecule is C#CC[C@H](NC(=O)Cc1ccc(F)cc1F)C(=O)OC. The minimum absolute atomic E-state index is 0.0215. The Morgan fingerprint density at radius 2 is 2.15 bits per heavy atom. The largest absolute Gasteiger partial charge is 0.467 e. The van der Waals surface area contributed by atoms with Crippen LogP contribution in [0.15, 0.2) is 18.2 Å². The van der Waals surface area contributed by atoms with Crippen LogP contribution in [-0.4, -0.2) is 25.0 Å². The summed E-state index contributed by atoms with van der Waals surface area (Å²) in [4.78, 5) is 23.1. The van der Waals surface area contributed by atoms with Gasteiger partial charge in [-0.05, 0) is 11.6 Å². The number of rotatable bonds is 5. The molecule has 0 unspecified atom stereocenters. The summed E-state index contributed by atoms with van der Waals surface area (Å²) in [6.07, 6.45) is 4.71. The minimum Gasteiger partial charge on any atom is -0.467 e. The van der Waals surface area contributed by atoms with Gasteiger partial charge in [0.1, 0.15) is 17.7 Å². The van der Waals surface area contributed by atoms with Crippen molar-refractivity contribution >= 4 is 11.9 Å². The fraction of sp³-hybridized carbons (Fsp3) is 0.286. The van der Waals surface area contributed by atoms with Crippen molar-refractivity contribution in [3.8, 4) is 12.3 Å². The number of ether oxygens (including phenoxy) is 1. The van der Waals surface area contributed by atoms with Crippen molar-refractivity contribution in [1.82, 2.24) is 5.32 Å². The highest BCUT2D eigenvalue weighted by molar-refractivity contribution is 5.85. The van der Waals surface area contributed by atoms with Gasteiger partial charge in [0.15, 0.2) is 0 Å². The van der Waals surface area contributed by atoms with E-state index in [1.807, 2.05) is 0 Å². The standard InChI is InChI=1S/C14H13F2NO3/c1-3-4-12(14(19)20-2)17-13(18)7-9-5-6-10(15)8-11(9)16/h1,5-6,8,12H,4,7H2,2H3,(H,17,18)/t12-/m0/s1. The van der Waals surface area contributed by atoms with Crippen molar-refractivity contribution in [2.45, 2.75) is 18.9 Å². The van der Waals surface area contributed by atoms with Gasteiger partial charge in [-0.15, -0.1) is 12.3 Å². The Bertz CT molecular complexity index is 552. The van der Waals surface area contributed by atoms with E-state index in [1.54, 1.807) is 0 Å². The van der Waals surface area contributed by atoms with Gasteiger partial charge in [-0.25, -0.2) is 13.6 Å². The molecule has 0 aliphatic heterocycles. The zero-order valence-electron chi connectivity index (χ0n) is 10.8. The quantitative estimate of drug-likeness (QED) is 0.651. The third-order valence-electron chi connectivity index (χ3n) is 2.51. The zero-order chi connectivity index (χ0) is 15.1. The van der Waals surface area contributed by atoms with E-state index in [0.29, 0.717) is 6.07 Å². The lowest BCUT2D eigenvalue weighted by molar-refractivity contribution is -0.144. The molecule has 1 atom stereocenters. The Kier molecular flexibility index (Phi) is 5.66. The van der Waals surface area contributed by atoms with Crippen molar-refractivity contribution in [2.24, 2.45) is 0 Å². The number of terminal acetylenes is 1. The smallest absolute Gasteiger partial charge is 0.329 e. The molecule has 0 heterocycles. The van der Waals surface area contributed by atoms with Gasteiger partial charge in [-0.1, -0.05) is 6.07 Å². The maximum absolute atomic E-state index is 13.4. The van der Waals surface area contributed by atoms with E-state index in [1.165, 1.54) is 6.07 Å². The summed E-state index contributed by atoms with van der Waals surface area (Å²) >= 11 is 0. The van der Waals surface area contributed by atoms with Gasteiger partial charge in [0.05, 0.1) is 13.5 Å². The number of methoxy groups -OCH3 is 1. The predicted octanol–water partition coefficient (Wildman–Crippen LogP) is 1.19. The van der Waals surface area contributed by atoms with E-state index in [9.17, 15) is 18.4 Å². The van der Waals surface area contributed by atoms with Crippen LogP contribution < -0.4 is 5.32 Å². The zero-order valence-corrected chi connectivity index (χ0v) is 10.8. The van der Waals surface area contributed by atoms with Crippen LogP contribution in [0.5, 0.6) is 0 Å². The maximum atomic E-state index is 13.4. The third-order valence-corrected chi connectivity index (χ3v) is 2.51. The number of halogens is 2. The van der Waals surface area contributed by atoms with E-state index in [-0.39, 0.29) is 18.4 Å². The number of carbonyl (C=O) groups excluding carboxylic acids is 2. The molecule has 0 saturated heterocycles. The van der Waals surface area contributed by atoms with Crippen molar-refractivity contribution in [3.63, 3.8) is 0 Å². The molecule has 1 amide bonds. The van der Waals surface area contributed by atoms with Crippen molar-refractivity contribution < 1.29 is 23.1 Å². The van der Waals surface area contributed by atoms with Crippen LogP contribution in [0, 0.1) is 24.0 Å². The molecule has 0 fully saturated rings. The average molecular weight is 281 g/mol.